The highest BCUT2D eigenvalue weighted by Gasteiger charge is 2.69. The predicted octanol–water partition coefficient (Wildman–Crippen LogP) is 6.57. The van der Waals surface area contributed by atoms with E-state index in [1.165, 1.54) is 5.57 Å². The van der Waals surface area contributed by atoms with Gasteiger partial charge in [-0.2, -0.15) is 26.3 Å². The van der Waals surface area contributed by atoms with Crippen molar-refractivity contribution in [3.05, 3.63) is 47.6 Å². The molecule has 0 amide bonds. The summed E-state index contributed by atoms with van der Waals surface area (Å²) in [5, 5.41) is 29.4. The molecule has 4 unspecified atom stereocenters. The minimum atomic E-state index is -5.86. The van der Waals surface area contributed by atoms with Crippen molar-refractivity contribution in [3.63, 3.8) is 0 Å². The van der Waals surface area contributed by atoms with Crippen molar-refractivity contribution >= 4 is 0 Å². The van der Waals surface area contributed by atoms with Crippen molar-refractivity contribution in [1.29, 1.82) is 0 Å². The molecule has 0 spiro atoms. The maximum atomic E-state index is 13.0. The number of fused-ring (bicyclic) bond motifs is 1. The molecule has 36 heavy (non-hydrogen) atoms. The van der Waals surface area contributed by atoms with E-state index in [4.69, 9.17) is 0 Å². The molecule has 9 heteroatoms. The van der Waals surface area contributed by atoms with Crippen LogP contribution in [0, 0.1) is 23.2 Å². The molecule has 0 aromatic rings. The van der Waals surface area contributed by atoms with Gasteiger partial charge >= 0.3 is 12.4 Å². The zero-order chi connectivity index (χ0) is 27.1. The van der Waals surface area contributed by atoms with Gasteiger partial charge in [0.2, 0.25) is 0 Å². The second-order valence-corrected chi connectivity index (χ2v) is 11.0. The Hall–Kier alpha value is -1.58. The van der Waals surface area contributed by atoms with Crippen LogP contribution in [0.5, 0.6) is 0 Å². The summed E-state index contributed by atoms with van der Waals surface area (Å²) in [6.07, 6.45) is -3.35. The Morgan fingerprint density at radius 3 is 2.33 bits per heavy atom. The number of halogens is 6. The number of rotatable bonds is 5. The zero-order valence-electron chi connectivity index (χ0n) is 20.7. The summed E-state index contributed by atoms with van der Waals surface area (Å²) in [4.78, 5) is 0. The minimum absolute atomic E-state index is 0.000145. The Balaban J connectivity index is 1.75. The Kier molecular flexibility index (Phi) is 8.29. The first-order chi connectivity index (χ1) is 16.5. The Bertz CT molecular complexity index is 901. The van der Waals surface area contributed by atoms with Crippen molar-refractivity contribution in [2.45, 2.75) is 95.4 Å². The third-order valence-corrected chi connectivity index (χ3v) is 8.72. The summed E-state index contributed by atoms with van der Waals surface area (Å²) in [5.41, 5.74) is -2.33. The van der Waals surface area contributed by atoms with Crippen molar-refractivity contribution in [2.75, 3.05) is 0 Å². The lowest BCUT2D eigenvalue weighted by Gasteiger charge is -2.44. The van der Waals surface area contributed by atoms with Crippen LogP contribution in [-0.4, -0.2) is 45.5 Å². The van der Waals surface area contributed by atoms with Crippen LogP contribution < -0.4 is 0 Å². The molecular formula is C27H36F6O3. The van der Waals surface area contributed by atoms with Crippen LogP contribution in [0.2, 0.25) is 0 Å². The van der Waals surface area contributed by atoms with E-state index in [0.717, 1.165) is 43.8 Å². The molecule has 0 saturated heterocycles. The van der Waals surface area contributed by atoms with Crippen LogP contribution in [0.25, 0.3) is 0 Å². The molecule has 0 heterocycles. The standard InChI is InChI=1S/C27H36F6O3/c1-16(6-4-13-25(36,26(28,29)30)27(31,32)33)21-10-11-22-18(7-5-12-24(21,22)3)8-9-19-14-20(34)15-23(35)17(19)2/h4,8-9,13,16,20-23,34-36H,2,5-7,10-12,14-15H2,1,3H3/b13-4+,18-8+,19-9-/t16-,20?,21?,22?,23?,24-/m1/s1. The lowest BCUT2D eigenvalue weighted by Crippen LogP contribution is -2.55. The number of alkyl halides is 6. The maximum absolute atomic E-state index is 13.0. The summed E-state index contributed by atoms with van der Waals surface area (Å²) in [7, 11) is 0. The zero-order valence-corrected chi connectivity index (χ0v) is 20.7. The van der Waals surface area contributed by atoms with E-state index in [1.54, 1.807) is 0 Å². The van der Waals surface area contributed by atoms with Gasteiger partial charge in [-0.05, 0) is 85.3 Å². The molecule has 3 nitrogen and oxygen atoms in total. The van der Waals surface area contributed by atoms with Crippen molar-refractivity contribution in [3.8, 4) is 0 Å². The lowest BCUT2D eigenvalue weighted by molar-refractivity contribution is -0.347. The smallest absolute Gasteiger partial charge is 0.393 e. The van der Waals surface area contributed by atoms with Gasteiger partial charge in [0.25, 0.3) is 5.60 Å². The maximum Gasteiger partial charge on any atom is 0.429 e. The van der Waals surface area contributed by atoms with E-state index < -0.39 is 30.2 Å². The molecule has 0 radical (unpaired) electrons. The van der Waals surface area contributed by atoms with Crippen molar-refractivity contribution in [1.82, 2.24) is 0 Å². The van der Waals surface area contributed by atoms with Gasteiger partial charge in [0.15, 0.2) is 0 Å². The van der Waals surface area contributed by atoms with E-state index in [-0.39, 0.29) is 42.1 Å². The molecule has 204 valence electrons. The molecule has 0 aromatic carbocycles. The van der Waals surface area contributed by atoms with Gasteiger partial charge in [0.1, 0.15) is 0 Å². The summed E-state index contributed by atoms with van der Waals surface area (Å²) < 4.78 is 77.8. The minimum Gasteiger partial charge on any atom is -0.393 e. The topological polar surface area (TPSA) is 60.7 Å². The van der Waals surface area contributed by atoms with Gasteiger partial charge in [0.05, 0.1) is 12.2 Å². The van der Waals surface area contributed by atoms with E-state index in [0.29, 0.717) is 12.0 Å². The molecule has 3 N–H and O–H groups in total. The highest BCUT2D eigenvalue weighted by molar-refractivity contribution is 5.38. The van der Waals surface area contributed by atoms with E-state index in [9.17, 15) is 41.7 Å². The summed E-state index contributed by atoms with van der Waals surface area (Å²) in [5.74, 6) is 0.193. The number of hydrogen-bond acceptors (Lipinski definition) is 3. The largest absolute Gasteiger partial charge is 0.429 e. The Labute approximate surface area is 208 Å². The molecule has 3 aliphatic carbocycles. The first-order valence-electron chi connectivity index (χ1n) is 12.5. The van der Waals surface area contributed by atoms with E-state index >= 15 is 0 Å². The van der Waals surface area contributed by atoms with Crippen LogP contribution in [0.4, 0.5) is 26.3 Å². The van der Waals surface area contributed by atoms with Crippen LogP contribution in [0.3, 0.4) is 0 Å². The quantitative estimate of drug-likeness (QED) is 0.283. The van der Waals surface area contributed by atoms with Gasteiger partial charge < -0.3 is 15.3 Å². The van der Waals surface area contributed by atoms with Crippen molar-refractivity contribution < 1.29 is 41.7 Å². The highest BCUT2D eigenvalue weighted by atomic mass is 19.4. The van der Waals surface area contributed by atoms with Gasteiger partial charge in [-0.1, -0.05) is 44.2 Å². The molecule has 3 aliphatic rings. The average molecular weight is 523 g/mol. The number of aliphatic hydroxyl groups is 3. The fraction of sp³-hybridized carbons (Fsp3) is 0.704. The molecular weight excluding hydrogens is 486 g/mol. The summed E-state index contributed by atoms with van der Waals surface area (Å²) in [6.45, 7) is 7.94. The van der Waals surface area contributed by atoms with Crippen LogP contribution in [0.15, 0.2) is 47.6 Å². The average Bonchev–Trinajstić information content (AvgIpc) is 3.11. The lowest BCUT2D eigenvalue weighted by atomic mass is 9.61. The number of hydrogen-bond donors (Lipinski definition) is 3. The Morgan fingerprint density at radius 1 is 1.08 bits per heavy atom. The molecule has 0 bridgehead atoms. The van der Waals surface area contributed by atoms with E-state index in [1.807, 2.05) is 19.1 Å². The summed E-state index contributed by atoms with van der Waals surface area (Å²) >= 11 is 0. The highest BCUT2D eigenvalue weighted by Crippen LogP contribution is 2.60. The summed E-state index contributed by atoms with van der Waals surface area (Å²) in [6, 6.07) is 0. The monoisotopic (exact) mass is 522 g/mol. The Morgan fingerprint density at radius 2 is 1.72 bits per heavy atom. The van der Waals surface area contributed by atoms with Crippen LogP contribution >= 0.6 is 0 Å². The van der Waals surface area contributed by atoms with Gasteiger partial charge in [-0.25, -0.2) is 0 Å². The second kappa shape index (κ2) is 10.3. The van der Waals surface area contributed by atoms with Gasteiger partial charge in [0, 0.05) is 6.42 Å². The van der Waals surface area contributed by atoms with Crippen LogP contribution in [0.1, 0.15) is 65.2 Å². The molecule has 6 atom stereocenters. The first kappa shape index (κ1) is 29.0. The van der Waals surface area contributed by atoms with Crippen molar-refractivity contribution in [2.24, 2.45) is 23.2 Å². The molecule has 3 rings (SSSR count). The fourth-order valence-corrected chi connectivity index (χ4v) is 6.65. The number of allylic oxidation sites excluding steroid dienone is 4. The third kappa shape index (κ3) is 5.48. The van der Waals surface area contributed by atoms with Gasteiger partial charge in [-0.15, -0.1) is 0 Å². The molecule has 3 fully saturated rings. The van der Waals surface area contributed by atoms with E-state index in [2.05, 4.69) is 13.5 Å². The molecule has 0 aliphatic heterocycles. The fourth-order valence-electron chi connectivity index (χ4n) is 6.65. The predicted molar refractivity (Wildman–Crippen MR) is 125 cm³/mol. The molecule has 3 saturated carbocycles. The first-order valence-corrected chi connectivity index (χ1v) is 12.5. The SMILES string of the molecule is C=C1/C(=C\C=C2/CCC[C@@]3(C)C2CCC3[C@H](C)C/C=C/C(O)(C(F)(F)F)C(F)(F)F)CC(O)CC1O. The number of aliphatic hydroxyl groups excluding tert-OH is 2. The third-order valence-electron chi connectivity index (χ3n) is 8.72. The molecule has 0 aromatic heterocycles. The van der Waals surface area contributed by atoms with Gasteiger partial charge in [-0.3, -0.25) is 0 Å². The normalized spacial score (nSPS) is 35.6. The van der Waals surface area contributed by atoms with Crippen LogP contribution in [-0.2, 0) is 0 Å². The second-order valence-electron chi connectivity index (χ2n) is 11.0.